The van der Waals surface area contributed by atoms with Gasteiger partial charge in [0.1, 0.15) is 5.69 Å². The fraction of sp³-hybridized carbons (Fsp3) is 0.454. The van der Waals surface area contributed by atoms with Crippen molar-refractivity contribution in [3.63, 3.8) is 0 Å². The van der Waals surface area contributed by atoms with E-state index < -0.39 is 65.0 Å². The molecule has 8 aromatic rings. The molecule has 29 nitrogen and oxygen atoms in total. The van der Waals surface area contributed by atoms with Crippen LogP contribution in [-0.2, 0) is 58.8 Å². The number of hydrogen-bond donors (Lipinski definition) is 7. The molecule has 10 rings (SSSR count). The molecule has 1 saturated heterocycles. The van der Waals surface area contributed by atoms with Gasteiger partial charge in [0.05, 0.1) is 90.2 Å². The van der Waals surface area contributed by atoms with Gasteiger partial charge < -0.3 is 35.4 Å². The number of aliphatic imine (C=N–C) groups is 4. The van der Waals surface area contributed by atoms with Crippen LogP contribution in [0, 0.1) is 33.1 Å². The molecule has 0 spiro atoms. The maximum Gasteiger partial charge on any atom is 0.338 e. The zero-order valence-corrected chi connectivity index (χ0v) is 93.0. The third-order valence-electron chi connectivity index (χ3n) is 24.7. The topological polar surface area (TPSA) is 378 Å². The summed E-state index contributed by atoms with van der Waals surface area (Å²) >= 11 is 38.6. The number of nitrogens with one attached hydrogen (secondary N) is 7. The van der Waals surface area contributed by atoms with Crippen molar-refractivity contribution in [3.05, 3.63) is 215 Å². The van der Waals surface area contributed by atoms with E-state index in [1.165, 1.54) is 121 Å². The molecule has 0 unspecified atom stereocenters. The number of unbranched alkanes of at least 4 members (excludes halogenated alkanes) is 19. The van der Waals surface area contributed by atoms with Crippen LogP contribution in [0.2, 0.25) is 30.1 Å². The van der Waals surface area contributed by atoms with E-state index in [0.717, 1.165) is 102 Å². The van der Waals surface area contributed by atoms with Crippen molar-refractivity contribution in [2.45, 2.75) is 230 Å². The molecule has 2 fully saturated rings. The fourth-order valence-corrected chi connectivity index (χ4v) is 19.0. The number of carbonyl (C=O) groups is 7. The van der Waals surface area contributed by atoms with Crippen molar-refractivity contribution in [1.82, 2.24) is 19.6 Å². The van der Waals surface area contributed by atoms with E-state index >= 15 is 0 Å². The Morgan fingerprint density at radius 3 is 1.32 bits per heavy atom. The number of aryl methyl sites for hydroxylation is 4. The van der Waals surface area contributed by atoms with Crippen LogP contribution in [0.5, 0.6) is 0 Å². The predicted octanol–water partition coefficient (Wildman–Crippen LogP) is 24.5. The Balaban J connectivity index is 0.000000272. The quantitative estimate of drug-likeness (QED) is 0.00612. The van der Waals surface area contributed by atoms with Gasteiger partial charge in [0.25, 0.3) is 17.7 Å². The van der Waals surface area contributed by atoms with Crippen LogP contribution in [0.4, 0.5) is 62.6 Å². The molecule has 1 aliphatic carbocycles. The van der Waals surface area contributed by atoms with Crippen LogP contribution in [0.3, 0.4) is 0 Å². The number of likely N-dealkylation sites (N-methyl/N-ethyl adjacent to an activating group) is 3. The van der Waals surface area contributed by atoms with Crippen molar-refractivity contribution >= 4 is 226 Å². The monoisotopic (exact) mass is 2180 g/mol. The summed E-state index contributed by atoms with van der Waals surface area (Å²) in [5.74, 6) is -3.34. The van der Waals surface area contributed by atoms with Crippen LogP contribution in [0.15, 0.2) is 172 Å². The highest BCUT2D eigenvalue weighted by molar-refractivity contribution is 7.89. The lowest BCUT2D eigenvalue weighted by Crippen LogP contribution is -2.36. The average molecular weight is 2180 g/mol. The molecule has 0 radical (unpaired) electrons. The smallest absolute Gasteiger partial charge is 0.338 e. The number of ketones is 2. The second kappa shape index (κ2) is 60.5. The first-order valence-electron chi connectivity index (χ1n) is 50.1. The Kier molecular flexibility index (Phi) is 50.1. The zero-order valence-electron chi connectivity index (χ0n) is 86.0. The Bertz CT molecular complexity index is 6290. The zero-order chi connectivity index (χ0) is 107. The molecule has 1 aliphatic heterocycles. The number of esters is 1. The van der Waals surface area contributed by atoms with Gasteiger partial charge in [-0.1, -0.05) is 249 Å². The molecular weight excluding hydrogens is 2040 g/mol. The number of halogens is 6. The van der Waals surface area contributed by atoms with Gasteiger partial charge in [-0.2, -0.15) is 0 Å². The number of sulfonamides is 3. The van der Waals surface area contributed by atoms with Crippen LogP contribution in [0.25, 0.3) is 0 Å². The first kappa shape index (κ1) is 121. The van der Waals surface area contributed by atoms with E-state index in [-0.39, 0.29) is 97.0 Å². The van der Waals surface area contributed by atoms with E-state index in [1.807, 2.05) is 113 Å². The average Bonchev–Trinajstić information content (AvgIpc) is 1.62. The molecule has 0 bridgehead atoms. The summed E-state index contributed by atoms with van der Waals surface area (Å²) in [5, 5.41) is 11.0. The Morgan fingerprint density at radius 2 is 0.870 bits per heavy atom. The number of carbonyl (C=O) groups excluding carboxylic acids is 7. The molecular formula is C108H141Cl6N15O14S3. The number of anilines is 7. The molecule has 4 amide bonds. The second-order valence-electron chi connectivity index (χ2n) is 36.5. The minimum atomic E-state index is -3.32. The van der Waals surface area contributed by atoms with E-state index in [2.05, 4.69) is 59.4 Å². The number of ether oxygens (including phenoxy) is 1. The summed E-state index contributed by atoms with van der Waals surface area (Å²) in [6.07, 6.45) is 30.8. The van der Waals surface area contributed by atoms with E-state index in [9.17, 15) is 58.8 Å². The van der Waals surface area contributed by atoms with Crippen LogP contribution < -0.4 is 55.3 Å². The van der Waals surface area contributed by atoms with Crippen molar-refractivity contribution in [1.29, 1.82) is 0 Å². The van der Waals surface area contributed by atoms with Gasteiger partial charge in [0.15, 0.2) is 28.8 Å². The lowest BCUT2D eigenvalue weighted by Gasteiger charge is -2.24. The van der Waals surface area contributed by atoms with Gasteiger partial charge in [-0.15, -0.1) is 0 Å². The van der Waals surface area contributed by atoms with Crippen LogP contribution in [0.1, 0.15) is 245 Å². The molecule has 2 aliphatic rings. The number of hydrogen-bond acceptors (Lipinski definition) is 21. The third kappa shape index (κ3) is 40.0. The molecule has 1 heterocycles. The fourth-order valence-electron chi connectivity index (χ4n) is 16.2. The molecule has 792 valence electrons. The predicted molar refractivity (Wildman–Crippen MR) is 602 cm³/mol. The SMILES string of the molecule is CCCCCCCCCCCCCC(=O)Nc1ccc(Cl)c(N=C2NN(c3c(Cl)cc(Cl)cc3Cl)C(=O)C2=Nc2ccc(N(CC)CCNS(C)(=O)=O)cc2C)c1.CCCCCCCCCCCCOC(=O)c1ccc(Cl)c(NC(=O)C(=Nc2ccc(N(CC)CCNS(C)(=O)=O)cc2C)C(=O)C2(CC)CC2)c1.CCN(CCNS(C)(=O)=O)c1ccc(N=C(C(=O)Nc2cc(C)ccc2Cl)C(=O)c2ccccc2)c(C)c1. The number of amidine groups is 1. The normalized spacial score (nSPS) is 13.6. The Labute approximate surface area is 893 Å². The minimum Gasteiger partial charge on any atom is -0.462 e. The van der Waals surface area contributed by atoms with Crippen molar-refractivity contribution in [2.24, 2.45) is 25.4 Å². The number of benzene rings is 8. The summed E-state index contributed by atoms with van der Waals surface area (Å²) < 4.78 is 82.0. The number of hydrazine groups is 1. The molecule has 0 atom stereocenters. The largest absolute Gasteiger partial charge is 0.462 e. The molecule has 0 aromatic heterocycles. The van der Waals surface area contributed by atoms with Crippen LogP contribution in [-0.4, -0.2) is 174 Å². The number of Topliss-reactive ketones (excluding diaryl/α,β-unsaturated/α-hetero) is 2. The minimum absolute atomic E-state index is 0.0420. The maximum absolute atomic E-state index is 14.1. The van der Waals surface area contributed by atoms with E-state index in [0.29, 0.717) is 116 Å². The Morgan fingerprint density at radius 1 is 0.438 bits per heavy atom. The molecule has 8 aromatic carbocycles. The second-order valence-corrected chi connectivity index (χ2v) is 44.5. The Hall–Kier alpha value is -10.2. The van der Waals surface area contributed by atoms with E-state index in [4.69, 9.17) is 84.3 Å². The summed E-state index contributed by atoms with van der Waals surface area (Å²) in [6, 6.07) is 42.7. The summed E-state index contributed by atoms with van der Waals surface area (Å²) in [7, 11) is -9.90. The summed E-state index contributed by atoms with van der Waals surface area (Å²) in [5.41, 5.74) is 11.1. The molecule has 38 heteroatoms. The van der Waals surface area contributed by atoms with Gasteiger partial charge in [-0.25, -0.2) is 69.2 Å². The van der Waals surface area contributed by atoms with Gasteiger partial charge >= 0.3 is 5.97 Å². The number of rotatable bonds is 57. The third-order valence-corrected chi connectivity index (χ3v) is 28.7. The molecule has 146 heavy (non-hydrogen) atoms. The standard InChI is InChI=1S/C41H53Cl4N7O4S.C39H57ClN4O6S.C28H31ClN4O4S/c1-5-7-8-9-10-11-12-13-14-15-16-17-37(53)47-30-18-20-32(43)36(27-30)49-40-38(41(54)52(50-40)39-33(44)25-29(42)26-34(39)45)48-35-21-19-31(24-28(35)3)51(6-2)23-22-46-57(4,55)56;1-6-9-10-11-12-13-14-15-16-17-26-50-38(47)30-18-20-32(40)34(28-30)43-37(46)35(36(45)39(7-2)22-23-39)42-33-21-19-31(27-29(33)4)44(8-3)25-24-41-51(5,48)49;1-5-33(16-15-30-38(4,36)37)22-12-14-24(20(3)18-22)31-26(27(34)21-9-7-6-8-10-21)28(35)32-25-17-19(2)11-13-23(25)29/h18-21,24-27,46H,5-17,22-23H2,1-4H3,(H,47,53)(H,49,50);18-21,27-28,41H,6-17,22-26H2,1-5H3,(H,43,46);6-14,17-18,30H,5,15-16H2,1-4H3,(H,32,35). The first-order chi connectivity index (χ1) is 69.5. The van der Waals surface area contributed by atoms with Crippen LogP contribution >= 0.6 is 69.6 Å². The highest BCUT2D eigenvalue weighted by atomic mass is 35.5. The van der Waals surface area contributed by atoms with Crippen molar-refractivity contribution < 1.29 is 63.6 Å². The highest BCUT2D eigenvalue weighted by Gasteiger charge is 2.51. The van der Waals surface area contributed by atoms with Gasteiger partial charge in [0, 0.05) is 104 Å². The van der Waals surface area contributed by atoms with Crippen molar-refractivity contribution in [2.75, 3.05) is 120 Å². The van der Waals surface area contributed by atoms with Crippen molar-refractivity contribution in [3.8, 4) is 0 Å². The van der Waals surface area contributed by atoms with Gasteiger partial charge in [-0.3, -0.25) is 34.2 Å². The number of nitrogens with zero attached hydrogens (tertiary/aromatic N) is 8. The van der Waals surface area contributed by atoms with Gasteiger partial charge in [-0.05, 0) is 218 Å². The maximum atomic E-state index is 14.1. The summed E-state index contributed by atoms with van der Waals surface area (Å²) in [6.45, 7) is 24.1. The number of amides is 4. The first-order valence-corrected chi connectivity index (χ1v) is 58.1. The van der Waals surface area contributed by atoms with E-state index in [1.54, 1.807) is 84.9 Å². The lowest BCUT2D eigenvalue weighted by atomic mass is 9.93. The lowest BCUT2D eigenvalue weighted by molar-refractivity contribution is -0.119. The van der Waals surface area contributed by atoms with Gasteiger partial charge in [0.2, 0.25) is 41.8 Å². The molecule has 1 saturated carbocycles. The summed E-state index contributed by atoms with van der Waals surface area (Å²) in [4.78, 5) is 119. The molecule has 7 N–H and O–H groups in total. The highest BCUT2D eigenvalue weighted by Crippen LogP contribution is 2.50.